The fourth-order valence-corrected chi connectivity index (χ4v) is 4.35. The molecular weight excluding hydrogens is 318 g/mol. The molecule has 0 aliphatic heterocycles. The number of imidazole rings is 1. The number of aromatic nitrogens is 2. The van der Waals surface area contributed by atoms with Gasteiger partial charge in [0.05, 0.1) is 5.69 Å². The van der Waals surface area contributed by atoms with Gasteiger partial charge in [-0.15, -0.1) is 11.3 Å². The number of carbonyl (C=O) groups is 1. The Kier molecular flexibility index (Phi) is 4.10. The molecule has 2 heterocycles. The van der Waals surface area contributed by atoms with E-state index < -0.39 is 0 Å². The summed E-state index contributed by atoms with van der Waals surface area (Å²) in [6, 6.07) is 10.5. The third-order valence-corrected chi connectivity index (χ3v) is 5.78. The minimum absolute atomic E-state index is 0.102. The molecule has 0 spiro atoms. The van der Waals surface area contributed by atoms with Crippen molar-refractivity contribution in [3.8, 4) is 11.3 Å². The highest BCUT2D eigenvalue weighted by Crippen LogP contribution is 2.26. The summed E-state index contributed by atoms with van der Waals surface area (Å²) in [5, 5.41) is 1.93. The Morgan fingerprint density at radius 1 is 1.21 bits per heavy atom. The Hall–Kier alpha value is -2.14. The molecule has 0 unspecified atom stereocenters. The molecule has 2 aromatic heterocycles. The number of benzene rings is 1. The van der Waals surface area contributed by atoms with Crippen molar-refractivity contribution in [3.05, 3.63) is 47.6 Å². The summed E-state index contributed by atoms with van der Waals surface area (Å²) >= 11 is 1.53. The molecule has 24 heavy (non-hydrogen) atoms. The maximum Gasteiger partial charge on any atom is 0.271 e. The van der Waals surface area contributed by atoms with Crippen molar-refractivity contribution in [2.75, 3.05) is 7.05 Å². The van der Waals surface area contributed by atoms with Crippen molar-refractivity contribution in [1.82, 2.24) is 14.3 Å². The molecule has 1 aromatic carbocycles. The zero-order chi connectivity index (χ0) is 16.5. The predicted molar refractivity (Wildman–Crippen MR) is 97.5 cm³/mol. The lowest BCUT2D eigenvalue weighted by Crippen LogP contribution is -2.38. The lowest BCUT2D eigenvalue weighted by Gasteiger charge is -2.31. The number of carbonyl (C=O) groups excluding carboxylic acids is 1. The Balaban J connectivity index is 1.64. The van der Waals surface area contributed by atoms with Crippen LogP contribution in [0, 0.1) is 0 Å². The van der Waals surface area contributed by atoms with E-state index in [0.29, 0.717) is 6.04 Å². The standard InChI is InChI=1S/C19H21N3OS/c1-21(15-10-6-3-7-11-15)18(23)17-13-24-19-20-16(12-22(17)19)14-8-4-2-5-9-14/h2,4-5,8-9,12-13,15H,3,6-7,10-11H2,1H3. The van der Waals surface area contributed by atoms with Crippen LogP contribution < -0.4 is 0 Å². The number of fused-ring (bicyclic) bond motifs is 1. The molecule has 0 radical (unpaired) electrons. The van der Waals surface area contributed by atoms with Gasteiger partial charge in [0.2, 0.25) is 0 Å². The monoisotopic (exact) mass is 339 g/mol. The second-order valence-electron chi connectivity index (χ2n) is 6.47. The van der Waals surface area contributed by atoms with Crippen LogP contribution in [0.15, 0.2) is 41.9 Å². The maximum absolute atomic E-state index is 12.9. The predicted octanol–water partition coefficient (Wildman–Crippen LogP) is 4.47. The molecule has 0 N–H and O–H groups in total. The molecule has 0 saturated heterocycles. The van der Waals surface area contributed by atoms with Crippen LogP contribution in [0.1, 0.15) is 42.6 Å². The zero-order valence-corrected chi connectivity index (χ0v) is 14.6. The van der Waals surface area contributed by atoms with Crippen molar-refractivity contribution in [2.24, 2.45) is 0 Å². The van der Waals surface area contributed by atoms with E-state index >= 15 is 0 Å². The van der Waals surface area contributed by atoms with Gasteiger partial charge in [-0.3, -0.25) is 9.20 Å². The molecule has 4 rings (SSSR count). The molecule has 5 heteroatoms. The molecule has 1 aliphatic rings. The SMILES string of the molecule is CN(C(=O)c1csc2nc(-c3ccccc3)cn12)C1CCCCC1. The van der Waals surface area contributed by atoms with Gasteiger partial charge in [-0.2, -0.15) is 0 Å². The number of amides is 1. The average molecular weight is 339 g/mol. The van der Waals surface area contributed by atoms with Crippen molar-refractivity contribution in [2.45, 2.75) is 38.1 Å². The van der Waals surface area contributed by atoms with Gasteiger partial charge in [0.1, 0.15) is 5.69 Å². The van der Waals surface area contributed by atoms with E-state index in [0.717, 1.165) is 34.8 Å². The molecule has 124 valence electrons. The first-order valence-electron chi connectivity index (χ1n) is 8.53. The van der Waals surface area contributed by atoms with E-state index in [4.69, 9.17) is 0 Å². The van der Waals surface area contributed by atoms with Gasteiger partial charge in [0.15, 0.2) is 4.96 Å². The maximum atomic E-state index is 12.9. The third-order valence-electron chi connectivity index (χ3n) is 4.94. The lowest BCUT2D eigenvalue weighted by atomic mass is 9.94. The van der Waals surface area contributed by atoms with Crippen molar-refractivity contribution in [3.63, 3.8) is 0 Å². The summed E-state index contributed by atoms with van der Waals surface area (Å²) in [7, 11) is 1.94. The van der Waals surface area contributed by atoms with E-state index in [2.05, 4.69) is 4.98 Å². The van der Waals surface area contributed by atoms with Crippen LogP contribution in [0.4, 0.5) is 0 Å². The fraction of sp³-hybridized carbons (Fsp3) is 0.368. The summed E-state index contributed by atoms with van der Waals surface area (Å²) in [5.41, 5.74) is 2.71. The number of thiazole rings is 1. The molecule has 0 bridgehead atoms. The number of hydrogen-bond donors (Lipinski definition) is 0. The highest BCUT2D eigenvalue weighted by atomic mass is 32.1. The Bertz CT molecular complexity index is 846. The molecule has 1 saturated carbocycles. The van der Waals surface area contributed by atoms with Crippen molar-refractivity contribution < 1.29 is 4.79 Å². The average Bonchev–Trinajstić information content (AvgIpc) is 3.22. The summed E-state index contributed by atoms with van der Waals surface area (Å²) in [5.74, 6) is 0.102. The molecular formula is C19H21N3OS. The molecule has 3 aromatic rings. The van der Waals surface area contributed by atoms with Gasteiger partial charge in [-0.25, -0.2) is 4.98 Å². The van der Waals surface area contributed by atoms with Gasteiger partial charge in [0, 0.05) is 30.2 Å². The number of rotatable bonds is 3. The lowest BCUT2D eigenvalue weighted by molar-refractivity contribution is 0.0689. The quantitative estimate of drug-likeness (QED) is 0.706. The highest BCUT2D eigenvalue weighted by Gasteiger charge is 2.25. The summed E-state index contributed by atoms with van der Waals surface area (Å²) < 4.78 is 1.94. The van der Waals surface area contributed by atoms with Crippen LogP contribution in [0.2, 0.25) is 0 Å². The summed E-state index contributed by atoms with van der Waals surface area (Å²) in [6.45, 7) is 0. The zero-order valence-electron chi connectivity index (χ0n) is 13.8. The van der Waals surface area contributed by atoms with Crippen LogP contribution in [-0.4, -0.2) is 33.3 Å². The van der Waals surface area contributed by atoms with Gasteiger partial charge in [-0.1, -0.05) is 49.6 Å². The first-order valence-corrected chi connectivity index (χ1v) is 9.41. The first-order chi connectivity index (χ1) is 11.7. The molecule has 4 nitrogen and oxygen atoms in total. The van der Waals surface area contributed by atoms with Gasteiger partial charge < -0.3 is 4.90 Å². The summed E-state index contributed by atoms with van der Waals surface area (Å²) in [6.07, 6.45) is 7.96. The van der Waals surface area contributed by atoms with Crippen LogP contribution in [0.25, 0.3) is 16.2 Å². The number of nitrogens with zero attached hydrogens (tertiary/aromatic N) is 3. The third kappa shape index (κ3) is 2.73. The molecule has 1 fully saturated rings. The second-order valence-corrected chi connectivity index (χ2v) is 7.31. The largest absolute Gasteiger partial charge is 0.337 e. The smallest absolute Gasteiger partial charge is 0.271 e. The van der Waals surface area contributed by atoms with Crippen LogP contribution in [-0.2, 0) is 0 Å². The van der Waals surface area contributed by atoms with Crippen molar-refractivity contribution >= 4 is 22.2 Å². The van der Waals surface area contributed by atoms with Crippen molar-refractivity contribution in [1.29, 1.82) is 0 Å². The second kappa shape index (κ2) is 6.40. The van der Waals surface area contributed by atoms with Crippen LogP contribution >= 0.6 is 11.3 Å². The Labute approximate surface area is 145 Å². The van der Waals surface area contributed by atoms with E-state index in [9.17, 15) is 4.79 Å². The van der Waals surface area contributed by atoms with Gasteiger partial charge in [-0.05, 0) is 12.8 Å². The van der Waals surface area contributed by atoms with E-state index in [-0.39, 0.29) is 5.91 Å². The van der Waals surface area contributed by atoms with E-state index in [1.165, 1.54) is 30.6 Å². The minimum Gasteiger partial charge on any atom is -0.337 e. The summed E-state index contributed by atoms with van der Waals surface area (Å²) in [4.78, 5) is 20.4. The van der Waals surface area contributed by atoms with Gasteiger partial charge >= 0.3 is 0 Å². The fourth-order valence-electron chi connectivity index (χ4n) is 3.50. The molecule has 0 atom stereocenters. The topological polar surface area (TPSA) is 37.6 Å². The van der Waals surface area contributed by atoms with E-state index in [1.54, 1.807) is 0 Å². The molecule has 1 aliphatic carbocycles. The van der Waals surface area contributed by atoms with Crippen LogP contribution in [0.5, 0.6) is 0 Å². The van der Waals surface area contributed by atoms with E-state index in [1.807, 2.05) is 58.3 Å². The Morgan fingerprint density at radius 2 is 1.96 bits per heavy atom. The Morgan fingerprint density at radius 3 is 2.71 bits per heavy atom. The minimum atomic E-state index is 0.102. The highest BCUT2D eigenvalue weighted by molar-refractivity contribution is 7.15. The van der Waals surface area contributed by atoms with Crippen LogP contribution in [0.3, 0.4) is 0 Å². The van der Waals surface area contributed by atoms with Gasteiger partial charge in [0.25, 0.3) is 5.91 Å². The normalized spacial score (nSPS) is 15.7. The first kappa shape index (κ1) is 15.4. The number of hydrogen-bond acceptors (Lipinski definition) is 3. The molecule has 1 amide bonds.